The Balaban J connectivity index is 1.95. The van der Waals surface area contributed by atoms with E-state index in [9.17, 15) is 0 Å². The molecule has 3 aromatic heterocycles. The van der Waals surface area contributed by atoms with Crippen LogP contribution in [0.15, 0.2) is 24.3 Å². The Bertz CT molecular complexity index is 1280. The van der Waals surface area contributed by atoms with Gasteiger partial charge in [-0.05, 0) is 92.5 Å². The van der Waals surface area contributed by atoms with E-state index in [1.807, 2.05) is 0 Å². The molecule has 0 aromatic carbocycles. The van der Waals surface area contributed by atoms with Crippen molar-refractivity contribution in [2.24, 2.45) is 0 Å². The Hall–Kier alpha value is -3.40. The van der Waals surface area contributed by atoms with E-state index < -0.39 is 0 Å². The number of nitrogens with zero attached hydrogens (tertiary/aromatic N) is 2. The van der Waals surface area contributed by atoms with Gasteiger partial charge in [0, 0.05) is 27.6 Å². The van der Waals surface area contributed by atoms with Crippen LogP contribution in [0.1, 0.15) is 58.4 Å². The van der Waals surface area contributed by atoms with Crippen molar-refractivity contribution >= 4 is 46.4 Å². The minimum Gasteiger partial charge on any atom is -0.355 e. The number of hydrogen-bond donors (Lipinski definition) is 2. The molecular formula is C26H26N4. The Kier molecular flexibility index (Phi) is 4.43. The first-order valence-electron chi connectivity index (χ1n) is 10.6. The average Bonchev–Trinajstić information content (AvgIpc) is 3.56. The van der Waals surface area contributed by atoms with Gasteiger partial charge in [-0.15, -0.1) is 0 Å². The second-order valence-electron chi connectivity index (χ2n) is 8.11. The van der Waals surface area contributed by atoms with E-state index in [1.165, 1.54) is 5.56 Å². The SMILES string of the molecule is CCCc1c2ccc([nH]2)c(C)c2nc(c(C)c3nc(c(C)c4ccc1[nH]4)C=C3)C=C2. The molecule has 0 spiro atoms. The number of nitrogens with one attached hydrogen (secondary N) is 2. The lowest BCUT2D eigenvalue weighted by atomic mass is 10.1. The normalized spacial score (nSPS) is 12.7. The Labute approximate surface area is 176 Å². The lowest BCUT2D eigenvalue weighted by Gasteiger charge is -2.00. The van der Waals surface area contributed by atoms with Gasteiger partial charge in [0.05, 0.1) is 22.8 Å². The smallest absolute Gasteiger partial charge is 0.0688 e. The molecule has 0 atom stereocenters. The van der Waals surface area contributed by atoms with Crippen molar-refractivity contribution in [3.05, 3.63) is 69.3 Å². The summed E-state index contributed by atoms with van der Waals surface area (Å²) in [6.07, 6.45) is 10.5. The van der Waals surface area contributed by atoms with Gasteiger partial charge in [0.15, 0.2) is 0 Å². The van der Waals surface area contributed by atoms with Crippen molar-refractivity contribution < 1.29 is 0 Å². The lowest BCUT2D eigenvalue weighted by Crippen LogP contribution is -1.89. The maximum absolute atomic E-state index is 4.90. The molecule has 0 aliphatic carbocycles. The molecule has 4 heteroatoms. The molecule has 30 heavy (non-hydrogen) atoms. The number of aromatic nitrogens is 4. The van der Waals surface area contributed by atoms with Crippen LogP contribution in [-0.4, -0.2) is 19.9 Å². The van der Waals surface area contributed by atoms with Crippen LogP contribution in [0.4, 0.5) is 0 Å². The van der Waals surface area contributed by atoms with Crippen molar-refractivity contribution in [2.75, 3.05) is 0 Å². The van der Waals surface area contributed by atoms with E-state index in [0.717, 1.165) is 74.4 Å². The third kappa shape index (κ3) is 3.00. The quantitative estimate of drug-likeness (QED) is 0.357. The number of rotatable bonds is 2. The maximum Gasteiger partial charge on any atom is 0.0688 e. The topological polar surface area (TPSA) is 57.4 Å². The van der Waals surface area contributed by atoms with Gasteiger partial charge in [-0.3, -0.25) is 0 Å². The van der Waals surface area contributed by atoms with Crippen molar-refractivity contribution in [1.29, 1.82) is 0 Å². The third-order valence-electron chi connectivity index (χ3n) is 6.15. The van der Waals surface area contributed by atoms with Gasteiger partial charge in [-0.2, -0.15) is 0 Å². The Morgan fingerprint density at radius 1 is 0.600 bits per heavy atom. The lowest BCUT2D eigenvalue weighted by molar-refractivity contribution is 0.931. The summed E-state index contributed by atoms with van der Waals surface area (Å²) in [7, 11) is 0. The van der Waals surface area contributed by atoms with Gasteiger partial charge in [-0.1, -0.05) is 13.3 Å². The van der Waals surface area contributed by atoms with Gasteiger partial charge in [0.1, 0.15) is 0 Å². The van der Waals surface area contributed by atoms with Crippen LogP contribution in [0.25, 0.3) is 46.4 Å². The number of fused-ring (bicyclic) bond motifs is 8. The molecular weight excluding hydrogens is 368 g/mol. The number of aryl methyl sites for hydroxylation is 3. The van der Waals surface area contributed by atoms with E-state index >= 15 is 0 Å². The molecule has 0 unspecified atom stereocenters. The van der Waals surface area contributed by atoms with Crippen LogP contribution in [-0.2, 0) is 6.42 Å². The van der Waals surface area contributed by atoms with Crippen molar-refractivity contribution in [3.63, 3.8) is 0 Å². The van der Waals surface area contributed by atoms with Crippen LogP contribution < -0.4 is 0 Å². The Morgan fingerprint density at radius 3 is 1.43 bits per heavy atom. The highest BCUT2D eigenvalue weighted by molar-refractivity contribution is 5.82. The second-order valence-corrected chi connectivity index (χ2v) is 8.11. The summed E-state index contributed by atoms with van der Waals surface area (Å²) in [5, 5.41) is 0. The number of aromatic amines is 2. The third-order valence-corrected chi connectivity index (χ3v) is 6.15. The fourth-order valence-electron chi connectivity index (χ4n) is 4.21. The first kappa shape index (κ1) is 18.6. The molecule has 2 aliphatic heterocycles. The molecule has 0 saturated carbocycles. The highest BCUT2D eigenvalue weighted by Crippen LogP contribution is 2.26. The minimum absolute atomic E-state index is 0.978. The molecule has 150 valence electrons. The van der Waals surface area contributed by atoms with E-state index in [-0.39, 0.29) is 0 Å². The van der Waals surface area contributed by atoms with Crippen molar-refractivity contribution in [1.82, 2.24) is 19.9 Å². The van der Waals surface area contributed by atoms with Crippen molar-refractivity contribution in [3.8, 4) is 0 Å². The highest BCUT2D eigenvalue weighted by Gasteiger charge is 2.12. The predicted molar refractivity (Wildman–Crippen MR) is 127 cm³/mol. The average molecular weight is 395 g/mol. The standard InChI is InChI=1S/C26H26N4/c1-5-6-18-25-13-11-23(29-25)16(3)21-9-7-19(27-21)15(2)20-8-10-22(28-20)17(4)24-12-14-26(18)30-24/h7-14,29-30H,5-6H2,1-4H3. The molecule has 2 aliphatic rings. The van der Waals surface area contributed by atoms with Gasteiger partial charge in [0.2, 0.25) is 0 Å². The molecule has 0 amide bonds. The van der Waals surface area contributed by atoms with E-state index in [1.54, 1.807) is 0 Å². The number of H-pyrrole nitrogens is 2. The zero-order valence-electron chi connectivity index (χ0n) is 17.9. The largest absolute Gasteiger partial charge is 0.355 e. The molecule has 5 rings (SSSR count). The first-order chi connectivity index (χ1) is 14.5. The Morgan fingerprint density at radius 2 is 1.00 bits per heavy atom. The molecule has 0 radical (unpaired) electrons. The predicted octanol–water partition coefficient (Wildman–Crippen LogP) is 6.53. The fraction of sp³-hybridized carbons (Fsp3) is 0.231. The summed E-state index contributed by atoms with van der Waals surface area (Å²) in [5.74, 6) is 0. The van der Waals surface area contributed by atoms with E-state index in [2.05, 4.69) is 86.2 Å². The minimum atomic E-state index is 0.978. The summed E-state index contributed by atoms with van der Waals surface area (Å²) in [6, 6.07) is 8.69. The summed E-state index contributed by atoms with van der Waals surface area (Å²) < 4.78 is 0. The number of hydrogen-bond acceptors (Lipinski definition) is 2. The van der Waals surface area contributed by atoms with Crippen molar-refractivity contribution in [2.45, 2.75) is 40.5 Å². The van der Waals surface area contributed by atoms with Crippen LogP contribution in [0.3, 0.4) is 0 Å². The molecule has 0 saturated heterocycles. The summed E-state index contributed by atoms with van der Waals surface area (Å²) in [5.41, 5.74) is 13.2. The van der Waals surface area contributed by atoms with Gasteiger partial charge < -0.3 is 9.97 Å². The van der Waals surface area contributed by atoms with Crippen LogP contribution in [0.2, 0.25) is 0 Å². The molecule has 3 aromatic rings. The summed E-state index contributed by atoms with van der Waals surface area (Å²) in [4.78, 5) is 17.1. The highest BCUT2D eigenvalue weighted by atomic mass is 14.8. The van der Waals surface area contributed by atoms with Crippen LogP contribution in [0, 0.1) is 20.8 Å². The van der Waals surface area contributed by atoms with Crippen LogP contribution in [0.5, 0.6) is 0 Å². The van der Waals surface area contributed by atoms with Gasteiger partial charge >= 0.3 is 0 Å². The van der Waals surface area contributed by atoms with Crippen LogP contribution >= 0.6 is 0 Å². The first-order valence-corrected chi connectivity index (χ1v) is 10.6. The van der Waals surface area contributed by atoms with Gasteiger partial charge in [-0.25, -0.2) is 9.97 Å². The molecule has 0 fully saturated rings. The second kappa shape index (κ2) is 7.13. The van der Waals surface area contributed by atoms with E-state index in [4.69, 9.17) is 9.97 Å². The fourth-order valence-corrected chi connectivity index (χ4v) is 4.21. The monoisotopic (exact) mass is 394 g/mol. The molecule has 5 heterocycles. The molecule has 4 nitrogen and oxygen atoms in total. The van der Waals surface area contributed by atoms with Gasteiger partial charge in [0.25, 0.3) is 0 Å². The summed E-state index contributed by atoms with van der Waals surface area (Å²) >= 11 is 0. The zero-order chi connectivity index (χ0) is 20.8. The van der Waals surface area contributed by atoms with E-state index in [0.29, 0.717) is 0 Å². The maximum atomic E-state index is 4.90. The summed E-state index contributed by atoms with van der Waals surface area (Å²) in [6.45, 7) is 8.57. The zero-order valence-corrected chi connectivity index (χ0v) is 17.9. The molecule has 8 bridgehead atoms. The molecule has 2 N–H and O–H groups in total.